The topological polar surface area (TPSA) is 15.3 Å². The lowest BCUT2D eigenvalue weighted by Crippen LogP contribution is -2.25. The highest BCUT2D eigenvalue weighted by atomic mass is 15.2. The molecule has 1 atom stereocenters. The van der Waals surface area contributed by atoms with Crippen molar-refractivity contribution < 1.29 is 0 Å². The number of hydrogen-bond donors (Lipinski definition) is 1. The van der Waals surface area contributed by atoms with Crippen LogP contribution in [0, 0.1) is 6.92 Å². The van der Waals surface area contributed by atoms with E-state index in [4.69, 9.17) is 0 Å². The van der Waals surface area contributed by atoms with Gasteiger partial charge >= 0.3 is 0 Å². The summed E-state index contributed by atoms with van der Waals surface area (Å²) in [6, 6.07) is 20.0. The highest BCUT2D eigenvalue weighted by Gasteiger charge is 2.22. The molecule has 1 N–H and O–H groups in total. The van der Waals surface area contributed by atoms with Gasteiger partial charge in [0.05, 0.1) is 0 Å². The minimum atomic E-state index is 0.571. The number of benzene rings is 2. The van der Waals surface area contributed by atoms with Crippen molar-refractivity contribution in [2.24, 2.45) is 0 Å². The Labute approximate surface area is 121 Å². The van der Waals surface area contributed by atoms with Crippen molar-refractivity contribution >= 4 is 5.69 Å². The third-order valence-corrected chi connectivity index (χ3v) is 3.94. The van der Waals surface area contributed by atoms with E-state index >= 15 is 0 Å². The maximum absolute atomic E-state index is 3.64. The third kappa shape index (κ3) is 3.40. The summed E-state index contributed by atoms with van der Waals surface area (Å²) in [6.07, 6.45) is 1.22. The summed E-state index contributed by atoms with van der Waals surface area (Å²) < 4.78 is 0. The molecule has 2 heteroatoms. The van der Waals surface area contributed by atoms with E-state index in [1.54, 1.807) is 0 Å². The minimum absolute atomic E-state index is 0.571. The van der Waals surface area contributed by atoms with Gasteiger partial charge in [-0.15, -0.1) is 0 Å². The van der Waals surface area contributed by atoms with Crippen LogP contribution in [-0.2, 0) is 6.54 Å². The van der Waals surface area contributed by atoms with Crippen LogP contribution in [0.5, 0.6) is 0 Å². The van der Waals surface area contributed by atoms with E-state index in [-0.39, 0.29) is 0 Å². The van der Waals surface area contributed by atoms with E-state index in [0.29, 0.717) is 6.04 Å². The molecule has 0 radical (unpaired) electrons. The lowest BCUT2D eigenvalue weighted by molar-refractivity contribution is 0.328. The van der Waals surface area contributed by atoms with Crippen molar-refractivity contribution in [1.29, 1.82) is 0 Å². The van der Waals surface area contributed by atoms with E-state index in [9.17, 15) is 0 Å². The van der Waals surface area contributed by atoms with Crippen LogP contribution in [-0.4, -0.2) is 24.0 Å². The first-order valence-corrected chi connectivity index (χ1v) is 7.39. The van der Waals surface area contributed by atoms with Gasteiger partial charge in [0.15, 0.2) is 0 Å². The molecule has 20 heavy (non-hydrogen) atoms. The number of aryl methyl sites for hydroxylation is 1. The Balaban J connectivity index is 1.53. The van der Waals surface area contributed by atoms with Crippen molar-refractivity contribution in [2.45, 2.75) is 25.9 Å². The number of hydrogen-bond acceptors (Lipinski definition) is 2. The van der Waals surface area contributed by atoms with Gasteiger partial charge in [-0.2, -0.15) is 0 Å². The number of nitrogens with one attached hydrogen (secondary N) is 1. The zero-order chi connectivity index (χ0) is 13.8. The van der Waals surface area contributed by atoms with Crippen LogP contribution in [0.25, 0.3) is 0 Å². The molecular weight excluding hydrogens is 244 g/mol. The number of likely N-dealkylation sites (tertiary alicyclic amines) is 1. The average molecular weight is 266 g/mol. The van der Waals surface area contributed by atoms with Crippen LogP contribution in [0.3, 0.4) is 0 Å². The van der Waals surface area contributed by atoms with Gasteiger partial charge in [0.25, 0.3) is 0 Å². The standard InChI is InChI=1S/C18H22N2/c1-15-7-9-17(10-8-15)19-18-11-12-20(14-18)13-16-5-3-2-4-6-16/h2-10,18-19H,11-14H2,1H3. The normalized spacial score (nSPS) is 19.1. The maximum atomic E-state index is 3.64. The Bertz CT molecular complexity index is 533. The molecule has 2 aromatic rings. The van der Waals surface area contributed by atoms with E-state index in [2.05, 4.69) is 71.7 Å². The van der Waals surface area contributed by atoms with Gasteiger partial charge in [0.2, 0.25) is 0 Å². The van der Waals surface area contributed by atoms with Gasteiger partial charge in [0, 0.05) is 31.4 Å². The van der Waals surface area contributed by atoms with Gasteiger partial charge in [-0.05, 0) is 31.0 Å². The molecule has 0 bridgehead atoms. The first-order chi connectivity index (χ1) is 9.79. The lowest BCUT2D eigenvalue weighted by atomic mass is 10.2. The van der Waals surface area contributed by atoms with E-state index in [1.165, 1.54) is 29.8 Å². The van der Waals surface area contributed by atoms with E-state index in [1.807, 2.05) is 0 Å². The number of nitrogens with zero attached hydrogens (tertiary/aromatic N) is 1. The second-order valence-electron chi connectivity index (χ2n) is 5.72. The quantitative estimate of drug-likeness (QED) is 0.908. The van der Waals surface area contributed by atoms with Crippen LogP contribution in [0.1, 0.15) is 17.5 Å². The van der Waals surface area contributed by atoms with Crippen LogP contribution in [0.4, 0.5) is 5.69 Å². The largest absolute Gasteiger partial charge is 0.381 e. The summed E-state index contributed by atoms with van der Waals surface area (Å²) >= 11 is 0. The molecule has 3 rings (SSSR count). The van der Waals surface area contributed by atoms with Gasteiger partial charge in [-0.3, -0.25) is 4.90 Å². The molecule has 0 aromatic heterocycles. The van der Waals surface area contributed by atoms with Crippen molar-refractivity contribution in [2.75, 3.05) is 18.4 Å². The Kier molecular flexibility index (Phi) is 4.03. The van der Waals surface area contributed by atoms with Crippen LogP contribution >= 0.6 is 0 Å². The minimum Gasteiger partial charge on any atom is -0.381 e. The molecule has 1 aliphatic rings. The highest BCUT2D eigenvalue weighted by Crippen LogP contribution is 2.18. The molecule has 1 unspecified atom stereocenters. The zero-order valence-electron chi connectivity index (χ0n) is 12.0. The fourth-order valence-corrected chi connectivity index (χ4v) is 2.82. The van der Waals surface area contributed by atoms with Gasteiger partial charge in [-0.25, -0.2) is 0 Å². The van der Waals surface area contributed by atoms with Crippen LogP contribution < -0.4 is 5.32 Å². The molecule has 1 saturated heterocycles. The van der Waals surface area contributed by atoms with Crippen LogP contribution in [0.15, 0.2) is 54.6 Å². The molecular formula is C18H22N2. The molecule has 0 spiro atoms. The predicted octanol–water partition coefficient (Wildman–Crippen LogP) is 3.68. The summed E-state index contributed by atoms with van der Waals surface area (Å²) in [5.41, 5.74) is 3.96. The molecule has 0 amide bonds. The average Bonchev–Trinajstić information content (AvgIpc) is 2.90. The molecule has 1 heterocycles. The molecule has 104 valence electrons. The van der Waals surface area contributed by atoms with Crippen LogP contribution in [0.2, 0.25) is 0 Å². The van der Waals surface area contributed by atoms with Crippen molar-refractivity contribution in [1.82, 2.24) is 4.90 Å². The summed E-state index contributed by atoms with van der Waals surface area (Å²) in [5.74, 6) is 0. The van der Waals surface area contributed by atoms with Crippen molar-refractivity contribution in [3.63, 3.8) is 0 Å². The third-order valence-electron chi connectivity index (χ3n) is 3.94. The molecule has 2 aromatic carbocycles. The van der Waals surface area contributed by atoms with Gasteiger partial charge < -0.3 is 5.32 Å². The fourth-order valence-electron chi connectivity index (χ4n) is 2.82. The Morgan fingerprint density at radius 3 is 2.55 bits per heavy atom. The van der Waals surface area contributed by atoms with Gasteiger partial charge in [-0.1, -0.05) is 48.0 Å². The summed E-state index contributed by atoms with van der Waals surface area (Å²) in [7, 11) is 0. The summed E-state index contributed by atoms with van der Waals surface area (Å²) in [6.45, 7) is 5.50. The molecule has 2 nitrogen and oxygen atoms in total. The first kappa shape index (κ1) is 13.2. The Morgan fingerprint density at radius 1 is 1.05 bits per heavy atom. The van der Waals surface area contributed by atoms with E-state index in [0.717, 1.165) is 13.1 Å². The lowest BCUT2D eigenvalue weighted by Gasteiger charge is -2.17. The fraction of sp³-hybridized carbons (Fsp3) is 0.333. The molecule has 1 aliphatic heterocycles. The van der Waals surface area contributed by atoms with Crippen molar-refractivity contribution in [3.8, 4) is 0 Å². The maximum Gasteiger partial charge on any atom is 0.0400 e. The van der Waals surface area contributed by atoms with E-state index < -0.39 is 0 Å². The Hall–Kier alpha value is -1.80. The highest BCUT2D eigenvalue weighted by molar-refractivity contribution is 5.45. The predicted molar refractivity (Wildman–Crippen MR) is 84.9 cm³/mol. The smallest absolute Gasteiger partial charge is 0.0400 e. The summed E-state index contributed by atoms with van der Waals surface area (Å²) in [5, 5.41) is 3.64. The molecule has 0 saturated carbocycles. The monoisotopic (exact) mass is 266 g/mol. The summed E-state index contributed by atoms with van der Waals surface area (Å²) in [4.78, 5) is 2.53. The number of anilines is 1. The SMILES string of the molecule is Cc1ccc(NC2CCN(Cc3ccccc3)C2)cc1. The van der Waals surface area contributed by atoms with Crippen molar-refractivity contribution in [3.05, 3.63) is 65.7 Å². The molecule has 1 fully saturated rings. The Morgan fingerprint density at radius 2 is 1.80 bits per heavy atom. The van der Waals surface area contributed by atoms with Gasteiger partial charge in [0.1, 0.15) is 0 Å². The second kappa shape index (κ2) is 6.10. The zero-order valence-corrected chi connectivity index (χ0v) is 12.0. The molecule has 0 aliphatic carbocycles. The number of rotatable bonds is 4. The second-order valence-corrected chi connectivity index (χ2v) is 5.72. The first-order valence-electron chi connectivity index (χ1n) is 7.39.